The van der Waals surface area contributed by atoms with E-state index in [0.29, 0.717) is 29.2 Å². The highest BCUT2D eigenvalue weighted by molar-refractivity contribution is 7.99. The maximum Gasteiger partial charge on any atom is 0.259 e. The van der Waals surface area contributed by atoms with Gasteiger partial charge in [0, 0.05) is 10.9 Å². The summed E-state index contributed by atoms with van der Waals surface area (Å²) in [5, 5.41) is 3.74. The van der Waals surface area contributed by atoms with E-state index in [0.717, 1.165) is 28.6 Å². The molecular weight excluding hydrogens is 378 g/mol. The van der Waals surface area contributed by atoms with E-state index in [9.17, 15) is 9.59 Å². The SMILES string of the molecule is CC[C@@H](C)Cc1c(C)sc2nc(CSCC(=O)N[C@H](C)C(C)C)[nH]c(=O)c12. The van der Waals surface area contributed by atoms with Crippen LogP contribution in [0.5, 0.6) is 0 Å². The van der Waals surface area contributed by atoms with Gasteiger partial charge in [0.1, 0.15) is 10.7 Å². The van der Waals surface area contributed by atoms with Gasteiger partial charge in [-0.15, -0.1) is 23.1 Å². The predicted octanol–water partition coefficient (Wildman–Crippen LogP) is 4.28. The van der Waals surface area contributed by atoms with E-state index in [1.165, 1.54) is 16.6 Å². The molecule has 5 nitrogen and oxygen atoms in total. The van der Waals surface area contributed by atoms with Crippen LogP contribution in [0.1, 0.15) is 57.3 Å². The summed E-state index contributed by atoms with van der Waals surface area (Å²) in [7, 11) is 0. The Morgan fingerprint density at radius 2 is 2.00 bits per heavy atom. The molecule has 0 bridgehead atoms. The summed E-state index contributed by atoms with van der Waals surface area (Å²) < 4.78 is 0. The number of thioether (sulfide) groups is 1. The normalized spacial score (nSPS) is 13.9. The average Bonchev–Trinajstić information content (AvgIpc) is 2.90. The Morgan fingerprint density at radius 3 is 2.63 bits per heavy atom. The molecule has 0 aliphatic heterocycles. The number of fused-ring (bicyclic) bond motifs is 1. The third-order valence-corrected chi connectivity index (χ3v) is 7.01. The summed E-state index contributed by atoms with van der Waals surface area (Å²) in [5.74, 6) is 2.49. The van der Waals surface area contributed by atoms with E-state index < -0.39 is 0 Å². The zero-order valence-corrected chi connectivity index (χ0v) is 18.8. The Morgan fingerprint density at radius 1 is 1.30 bits per heavy atom. The highest BCUT2D eigenvalue weighted by Gasteiger charge is 2.17. The first-order valence-electron chi connectivity index (χ1n) is 9.61. The van der Waals surface area contributed by atoms with Crippen LogP contribution in [0.2, 0.25) is 0 Å². The monoisotopic (exact) mass is 409 g/mol. The molecule has 0 radical (unpaired) electrons. The van der Waals surface area contributed by atoms with Gasteiger partial charge in [-0.3, -0.25) is 9.59 Å². The van der Waals surface area contributed by atoms with Crippen molar-refractivity contribution in [1.29, 1.82) is 0 Å². The number of H-pyrrole nitrogens is 1. The Bertz CT molecular complexity index is 842. The molecule has 1 amide bonds. The van der Waals surface area contributed by atoms with Crippen molar-refractivity contribution in [3.05, 3.63) is 26.6 Å². The molecule has 0 fully saturated rings. The molecule has 150 valence electrons. The third-order valence-electron chi connectivity index (χ3n) is 5.02. The molecule has 0 aliphatic rings. The first kappa shape index (κ1) is 22.0. The number of carbonyl (C=O) groups is 1. The van der Waals surface area contributed by atoms with Crippen molar-refractivity contribution in [1.82, 2.24) is 15.3 Å². The van der Waals surface area contributed by atoms with Crippen LogP contribution in [0.25, 0.3) is 10.2 Å². The van der Waals surface area contributed by atoms with Crippen LogP contribution < -0.4 is 10.9 Å². The van der Waals surface area contributed by atoms with Gasteiger partial charge in [0.25, 0.3) is 5.56 Å². The van der Waals surface area contributed by atoms with Gasteiger partial charge in [-0.05, 0) is 37.7 Å². The minimum Gasteiger partial charge on any atom is -0.353 e. The number of aromatic amines is 1. The lowest BCUT2D eigenvalue weighted by molar-refractivity contribution is -0.119. The molecule has 7 heteroatoms. The average molecular weight is 410 g/mol. The minimum atomic E-state index is -0.0591. The molecular formula is C20H31N3O2S2. The number of aryl methyl sites for hydroxylation is 1. The lowest BCUT2D eigenvalue weighted by Gasteiger charge is -2.17. The molecule has 2 aromatic rings. The number of rotatable bonds is 9. The lowest BCUT2D eigenvalue weighted by atomic mass is 9.98. The van der Waals surface area contributed by atoms with Crippen molar-refractivity contribution >= 4 is 39.2 Å². The first-order valence-corrected chi connectivity index (χ1v) is 11.6. The molecule has 2 rings (SSSR count). The lowest BCUT2D eigenvalue weighted by Crippen LogP contribution is -2.37. The largest absolute Gasteiger partial charge is 0.353 e. The number of hydrogen-bond acceptors (Lipinski definition) is 5. The number of nitrogens with one attached hydrogen (secondary N) is 2. The Hall–Kier alpha value is -1.34. The summed E-state index contributed by atoms with van der Waals surface area (Å²) in [4.78, 5) is 34.2. The highest BCUT2D eigenvalue weighted by Crippen LogP contribution is 2.29. The molecule has 2 N–H and O–H groups in total. The van der Waals surface area contributed by atoms with Crippen LogP contribution in [-0.2, 0) is 17.0 Å². The Balaban J connectivity index is 2.06. The second-order valence-electron chi connectivity index (χ2n) is 7.64. The van der Waals surface area contributed by atoms with Crippen molar-refractivity contribution in [2.45, 2.75) is 66.2 Å². The zero-order chi connectivity index (χ0) is 20.1. The van der Waals surface area contributed by atoms with Gasteiger partial charge in [0.2, 0.25) is 5.91 Å². The summed E-state index contributed by atoms with van der Waals surface area (Å²) in [6, 6.07) is 0.158. The molecule has 0 saturated carbocycles. The van der Waals surface area contributed by atoms with Crippen molar-refractivity contribution in [3.8, 4) is 0 Å². The van der Waals surface area contributed by atoms with Crippen molar-refractivity contribution in [2.24, 2.45) is 11.8 Å². The molecule has 0 aliphatic carbocycles. The van der Waals surface area contributed by atoms with E-state index in [4.69, 9.17) is 0 Å². The summed E-state index contributed by atoms with van der Waals surface area (Å²) in [6.07, 6.45) is 2.00. The fraction of sp³-hybridized carbons (Fsp3) is 0.650. The van der Waals surface area contributed by atoms with E-state index in [1.54, 1.807) is 11.3 Å². The number of carbonyl (C=O) groups excluding carboxylic acids is 1. The molecule has 0 saturated heterocycles. The van der Waals surface area contributed by atoms with E-state index in [1.807, 2.05) is 6.92 Å². The van der Waals surface area contributed by atoms with Crippen LogP contribution >= 0.6 is 23.1 Å². The maximum absolute atomic E-state index is 12.6. The van der Waals surface area contributed by atoms with Gasteiger partial charge in [-0.1, -0.05) is 34.1 Å². The van der Waals surface area contributed by atoms with Gasteiger partial charge in [0.15, 0.2) is 0 Å². The standard InChI is InChI=1S/C20H31N3O2S2/c1-7-12(4)8-15-14(6)27-20-18(15)19(25)22-16(23-20)9-26-10-17(24)21-13(5)11(2)3/h11-13H,7-10H2,1-6H3,(H,21,24)(H,22,23,25)/t12-,13-/m1/s1. The summed E-state index contributed by atoms with van der Waals surface area (Å²) >= 11 is 3.06. The van der Waals surface area contributed by atoms with E-state index in [-0.39, 0.29) is 17.5 Å². The van der Waals surface area contributed by atoms with Gasteiger partial charge in [-0.25, -0.2) is 4.98 Å². The van der Waals surface area contributed by atoms with Gasteiger partial charge < -0.3 is 10.3 Å². The van der Waals surface area contributed by atoms with Crippen LogP contribution in [0.15, 0.2) is 4.79 Å². The first-order chi connectivity index (χ1) is 12.7. The zero-order valence-electron chi connectivity index (χ0n) is 17.1. The summed E-state index contributed by atoms with van der Waals surface area (Å²) in [6.45, 7) is 12.6. The molecule has 0 spiro atoms. The number of nitrogens with zero attached hydrogens (tertiary/aromatic N) is 1. The summed E-state index contributed by atoms with van der Waals surface area (Å²) in [5.41, 5.74) is 1.08. The van der Waals surface area contributed by atoms with Gasteiger partial charge in [-0.2, -0.15) is 0 Å². The van der Waals surface area contributed by atoms with Crippen molar-refractivity contribution < 1.29 is 4.79 Å². The van der Waals surface area contributed by atoms with Crippen LogP contribution in [0, 0.1) is 18.8 Å². The Kier molecular flexibility index (Phi) is 7.91. The smallest absolute Gasteiger partial charge is 0.259 e. The molecule has 0 unspecified atom stereocenters. The highest BCUT2D eigenvalue weighted by atomic mass is 32.2. The third kappa shape index (κ3) is 5.82. The second-order valence-corrected chi connectivity index (χ2v) is 9.83. The molecule has 2 atom stereocenters. The fourth-order valence-corrected chi connectivity index (χ4v) is 4.50. The van der Waals surface area contributed by atoms with E-state index in [2.05, 4.69) is 49.9 Å². The maximum atomic E-state index is 12.6. The predicted molar refractivity (Wildman–Crippen MR) is 117 cm³/mol. The number of thiophene rings is 1. The van der Waals surface area contributed by atoms with Gasteiger partial charge in [0.05, 0.1) is 16.9 Å². The van der Waals surface area contributed by atoms with Gasteiger partial charge >= 0.3 is 0 Å². The van der Waals surface area contributed by atoms with Crippen LogP contribution in [0.3, 0.4) is 0 Å². The minimum absolute atomic E-state index is 0.0208. The topological polar surface area (TPSA) is 74.8 Å². The van der Waals surface area contributed by atoms with Crippen molar-refractivity contribution in [2.75, 3.05) is 5.75 Å². The molecule has 2 aromatic heterocycles. The second kappa shape index (κ2) is 9.73. The van der Waals surface area contributed by atoms with Crippen LogP contribution in [-0.4, -0.2) is 27.7 Å². The van der Waals surface area contributed by atoms with Crippen molar-refractivity contribution in [3.63, 3.8) is 0 Å². The molecule has 0 aromatic carbocycles. The fourth-order valence-electron chi connectivity index (χ4n) is 2.73. The molecule has 27 heavy (non-hydrogen) atoms. The van der Waals surface area contributed by atoms with Crippen LogP contribution in [0.4, 0.5) is 0 Å². The quantitative estimate of drug-likeness (QED) is 0.648. The van der Waals surface area contributed by atoms with E-state index >= 15 is 0 Å². The molecule has 2 heterocycles. The number of amides is 1. The Labute approximate surface area is 169 Å². The number of hydrogen-bond donors (Lipinski definition) is 2. The number of aromatic nitrogens is 2.